The topological polar surface area (TPSA) is 89.3 Å². The zero-order valence-electron chi connectivity index (χ0n) is 17.1. The third-order valence-corrected chi connectivity index (χ3v) is 6.71. The van der Waals surface area contributed by atoms with Gasteiger partial charge in [0.2, 0.25) is 5.91 Å². The second-order valence-corrected chi connectivity index (χ2v) is 8.79. The molecule has 0 saturated carbocycles. The van der Waals surface area contributed by atoms with Crippen LogP contribution in [0.15, 0.2) is 30.5 Å². The number of amides is 2. The first-order valence-corrected chi connectivity index (χ1v) is 11.5. The molecule has 4 rings (SSSR count). The molecular weight excluding hydrogens is 417 g/mol. The number of aromatic nitrogens is 1. The number of carbonyl (C=O) groups excluding carboxylic acids is 2. The van der Waals surface area contributed by atoms with Crippen LogP contribution in [0.5, 0.6) is 0 Å². The summed E-state index contributed by atoms with van der Waals surface area (Å²) in [5.74, 6) is 0.393. The second-order valence-electron chi connectivity index (χ2n) is 7.79. The predicted octanol–water partition coefficient (Wildman–Crippen LogP) is 2.72. The van der Waals surface area contributed by atoms with Crippen LogP contribution in [0.3, 0.4) is 0 Å². The molecule has 2 saturated heterocycles. The SMILES string of the molecule is N#CC1CSCN1C(=O)CNC(=O)c1ccnc2ccc(N3CCCCC(F)C3)cc12. The fourth-order valence-corrected chi connectivity index (χ4v) is 5.11. The standard InChI is InChI=1S/C22H24FN5O2S/c23-15-3-1-2-8-27(12-15)16-4-5-20-19(9-16)18(6-7-25-20)22(30)26-11-21(29)28-14-31-13-17(28)10-24/h4-7,9,15,17H,1-3,8,11-14H2,(H,26,30). The van der Waals surface area contributed by atoms with Crippen molar-refractivity contribution in [2.75, 3.05) is 36.2 Å². The van der Waals surface area contributed by atoms with Gasteiger partial charge in [0.15, 0.2) is 0 Å². The van der Waals surface area contributed by atoms with Crippen LogP contribution in [0.2, 0.25) is 0 Å². The summed E-state index contributed by atoms with van der Waals surface area (Å²) < 4.78 is 14.1. The minimum absolute atomic E-state index is 0.170. The summed E-state index contributed by atoms with van der Waals surface area (Å²) in [7, 11) is 0. The molecule has 7 nitrogen and oxygen atoms in total. The van der Waals surface area contributed by atoms with Crippen LogP contribution in [0, 0.1) is 11.3 Å². The molecule has 0 aliphatic carbocycles. The third-order valence-electron chi connectivity index (χ3n) is 5.70. The number of hydrogen-bond donors (Lipinski definition) is 1. The van der Waals surface area contributed by atoms with Crippen molar-refractivity contribution in [3.63, 3.8) is 0 Å². The summed E-state index contributed by atoms with van der Waals surface area (Å²) in [4.78, 5) is 33.1. The smallest absolute Gasteiger partial charge is 0.252 e. The molecule has 31 heavy (non-hydrogen) atoms. The van der Waals surface area contributed by atoms with Crippen LogP contribution in [-0.2, 0) is 4.79 Å². The molecule has 2 fully saturated rings. The van der Waals surface area contributed by atoms with Gasteiger partial charge in [-0.3, -0.25) is 14.6 Å². The Hall–Kier alpha value is -2.86. The molecule has 2 aromatic rings. The molecule has 2 unspecified atom stereocenters. The van der Waals surface area contributed by atoms with Gasteiger partial charge in [0.25, 0.3) is 5.91 Å². The molecular formula is C22H24FN5O2S. The van der Waals surface area contributed by atoms with Gasteiger partial charge in [-0.05, 0) is 43.5 Å². The number of anilines is 1. The van der Waals surface area contributed by atoms with Crippen molar-refractivity contribution in [2.45, 2.75) is 31.5 Å². The maximum absolute atomic E-state index is 14.1. The van der Waals surface area contributed by atoms with Gasteiger partial charge < -0.3 is 15.1 Å². The van der Waals surface area contributed by atoms with Gasteiger partial charge >= 0.3 is 0 Å². The number of carbonyl (C=O) groups is 2. The van der Waals surface area contributed by atoms with Gasteiger partial charge in [0.05, 0.1) is 29.6 Å². The Bertz CT molecular complexity index is 1030. The van der Waals surface area contributed by atoms with Gasteiger partial charge in [0, 0.05) is 36.1 Å². The predicted molar refractivity (Wildman–Crippen MR) is 119 cm³/mol. The first-order chi connectivity index (χ1) is 15.1. The Labute approximate surface area is 184 Å². The second kappa shape index (κ2) is 9.52. The van der Waals surface area contributed by atoms with Crippen molar-refractivity contribution in [2.24, 2.45) is 0 Å². The molecule has 2 aliphatic rings. The normalized spacial score (nSPS) is 21.5. The zero-order chi connectivity index (χ0) is 21.8. The molecule has 1 aromatic heterocycles. The fourth-order valence-electron chi connectivity index (χ4n) is 4.00. The van der Waals surface area contributed by atoms with Gasteiger partial charge in [-0.1, -0.05) is 0 Å². The highest BCUT2D eigenvalue weighted by molar-refractivity contribution is 7.99. The number of halogens is 1. The van der Waals surface area contributed by atoms with E-state index in [1.54, 1.807) is 12.3 Å². The lowest BCUT2D eigenvalue weighted by atomic mass is 10.1. The number of fused-ring (bicyclic) bond motifs is 1. The van der Waals surface area contributed by atoms with Crippen LogP contribution < -0.4 is 10.2 Å². The molecule has 2 amide bonds. The van der Waals surface area contributed by atoms with E-state index in [1.807, 2.05) is 23.1 Å². The molecule has 162 valence electrons. The number of alkyl halides is 1. The van der Waals surface area contributed by atoms with Gasteiger partial charge in [-0.2, -0.15) is 5.26 Å². The van der Waals surface area contributed by atoms with Crippen molar-refractivity contribution in [1.82, 2.24) is 15.2 Å². The monoisotopic (exact) mass is 441 g/mol. The molecule has 1 N–H and O–H groups in total. The highest BCUT2D eigenvalue weighted by Gasteiger charge is 2.29. The molecule has 2 aliphatic heterocycles. The van der Waals surface area contributed by atoms with Gasteiger partial charge in [-0.15, -0.1) is 11.8 Å². The summed E-state index contributed by atoms with van der Waals surface area (Å²) >= 11 is 1.52. The largest absolute Gasteiger partial charge is 0.369 e. The lowest BCUT2D eigenvalue weighted by Gasteiger charge is -2.24. The Balaban J connectivity index is 1.52. The van der Waals surface area contributed by atoms with Crippen LogP contribution in [0.1, 0.15) is 29.6 Å². The van der Waals surface area contributed by atoms with Crippen molar-refractivity contribution >= 4 is 40.2 Å². The quantitative estimate of drug-likeness (QED) is 0.785. The van der Waals surface area contributed by atoms with Crippen molar-refractivity contribution in [3.05, 3.63) is 36.0 Å². The molecule has 2 atom stereocenters. The third kappa shape index (κ3) is 4.74. The number of thioether (sulfide) groups is 1. The van der Waals surface area contributed by atoms with E-state index in [2.05, 4.69) is 16.4 Å². The number of hydrogen-bond acceptors (Lipinski definition) is 6. The molecule has 1 aromatic carbocycles. The van der Waals surface area contributed by atoms with Crippen LogP contribution in [0.4, 0.5) is 10.1 Å². The van der Waals surface area contributed by atoms with Crippen molar-refractivity contribution in [3.8, 4) is 6.07 Å². The lowest BCUT2D eigenvalue weighted by Crippen LogP contribution is -2.42. The summed E-state index contributed by atoms with van der Waals surface area (Å²) in [5.41, 5.74) is 1.94. The van der Waals surface area contributed by atoms with E-state index in [-0.39, 0.29) is 18.4 Å². The van der Waals surface area contributed by atoms with E-state index in [1.165, 1.54) is 16.7 Å². The van der Waals surface area contributed by atoms with E-state index in [9.17, 15) is 14.0 Å². The number of nitrogens with one attached hydrogen (secondary N) is 1. The van der Waals surface area contributed by atoms with Crippen molar-refractivity contribution in [1.29, 1.82) is 5.26 Å². The summed E-state index contributed by atoms with van der Waals surface area (Å²) in [6.45, 7) is 0.947. The van der Waals surface area contributed by atoms with E-state index < -0.39 is 12.2 Å². The molecule has 0 bridgehead atoms. The Morgan fingerprint density at radius 3 is 3.03 bits per heavy atom. The minimum Gasteiger partial charge on any atom is -0.369 e. The lowest BCUT2D eigenvalue weighted by molar-refractivity contribution is -0.129. The average molecular weight is 442 g/mol. The van der Waals surface area contributed by atoms with Gasteiger partial charge in [-0.25, -0.2) is 4.39 Å². The maximum Gasteiger partial charge on any atom is 0.252 e. The van der Waals surface area contributed by atoms with Gasteiger partial charge in [0.1, 0.15) is 12.2 Å². The van der Waals surface area contributed by atoms with Crippen LogP contribution in [-0.4, -0.2) is 65.2 Å². The van der Waals surface area contributed by atoms with Crippen molar-refractivity contribution < 1.29 is 14.0 Å². The minimum atomic E-state index is -0.859. The number of nitrogens with zero attached hydrogens (tertiary/aromatic N) is 4. The molecule has 3 heterocycles. The summed E-state index contributed by atoms with van der Waals surface area (Å²) in [5, 5.41) is 12.5. The van der Waals surface area contributed by atoms with E-state index in [0.717, 1.165) is 25.1 Å². The maximum atomic E-state index is 14.1. The van der Waals surface area contributed by atoms with Crippen LogP contribution >= 0.6 is 11.8 Å². The molecule has 9 heteroatoms. The van der Waals surface area contributed by atoms with Crippen LogP contribution in [0.25, 0.3) is 10.9 Å². The Morgan fingerprint density at radius 1 is 1.32 bits per heavy atom. The summed E-state index contributed by atoms with van der Waals surface area (Å²) in [6.07, 6.45) is 3.08. The number of rotatable bonds is 4. The fraction of sp³-hybridized carbons (Fsp3) is 0.455. The van der Waals surface area contributed by atoms with E-state index in [4.69, 9.17) is 5.26 Å². The average Bonchev–Trinajstić information content (AvgIpc) is 3.17. The van der Waals surface area contributed by atoms with E-state index >= 15 is 0 Å². The Kier molecular flexibility index (Phi) is 6.56. The number of pyridine rings is 1. The highest BCUT2D eigenvalue weighted by atomic mass is 32.2. The highest BCUT2D eigenvalue weighted by Crippen LogP contribution is 2.26. The van der Waals surface area contributed by atoms with E-state index in [0.29, 0.717) is 41.1 Å². The molecule has 0 radical (unpaired) electrons. The molecule has 0 spiro atoms. The first-order valence-electron chi connectivity index (χ1n) is 10.4. The number of benzene rings is 1. The Morgan fingerprint density at radius 2 is 2.19 bits per heavy atom. The first kappa shape index (κ1) is 21.4. The zero-order valence-corrected chi connectivity index (χ0v) is 17.9. The number of nitriles is 1. The summed E-state index contributed by atoms with van der Waals surface area (Å²) in [6, 6.07) is 8.90.